The molecule has 4 rings (SSSR count). The quantitative estimate of drug-likeness (QED) is 0.532. The van der Waals surface area contributed by atoms with E-state index in [-0.39, 0.29) is 11.2 Å². The first kappa shape index (κ1) is 20.2. The first-order valence-corrected chi connectivity index (χ1v) is 11.8. The summed E-state index contributed by atoms with van der Waals surface area (Å²) in [6.07, 6.45) is 2.19. The summed E-state index contributed by atoms with van der Waals surface area (Å²) in [6.45, 7) is 6.66. The Hall–Kier alpha value is -2.12. The van der Waals surface area contributed by atoms with Gasteiger partial charge >= 0.3 is 0 Å². The van der Waals surface area contributed by atoms with E-state index in [1.807, 2.05) is 41.5 Å². The minimum Gasteiger partial charge on any atom is -0.342 e. The van der Waals surface area contributed by atoms with Crippen LogP contribution in [-0.4, -0.2) is 43.9 Å². The monoisotopic (exact) mass is 426 g/mol. The van der Waals surface area contributed by atoms with Gasteiger partial charge in [-0.05, 0) is 42.7 Å². The molecule has 0 bridgehead atoms. The summed E-state index contributed by atoms with van der Waals surface area (Å²) in [6, 6.07) is 14.4. The highest BCUT2D eigenvalue weighted by atomic mass is 32.2. The second-order valence-corrected chi connectivity index (χ2v) is 9.88. The number of thiophene rings is 1. The van der Waals surface area contributed by atoms with Gasteiger partial charge in [0.25, 0.3) is 0 Å². The maximum Gasteiger partial charge on any atom is 0.235 e. The number of nitrogens with zero attached hydrogens (tertiary/aromatic N) is 4. The molecular formula is C22H26N4OS2. The third kappa shape index (κ3) is 4.73. The molecule has 7 heteroatoms. The van der Waals surface area contributed by atoms with Crippen LogP contribution in [0.25, 0.3) is 10.7 Å². The smallest absolute Gasteiger partial charge is 0.235 e. The summed E-state index contributed by atoms with van der Waals surface area (Å²) >= 11 is 3.17. The lowest BCUT2D eigenvalue weighted by Crippen LogP contribution is -2.41. The van der Waals surface area contributed by atoms with E-state index >= 15 is 0 Å². The second-order valence-electron chi connectivity index (χ2n) is 7.62. The Kier molecular flexibility index (Phi) is 6.35. The van der Waals surface area contributed by atoms with Gasteiger partial charge in [0, 0.05) is 13.1 Å². The summed E-state index contributed by atoms with van der Waals surface area (Å²) in [5.74, 6) is 1.77. The van der Waals surface area contributed by atoms with Gasteiger partial charge in [0.1, 0.15) is 0 Å². The molecule has 0 spiro atoms. The minimum absolute atomic E-state index is 0.182. The lowest BCUT2D eigenvalue weighted by atomic mass is 9.99. The highest BCUT2D eigenvalue weighted by Crippen LogP contribution is 2.31. The van der Waals surface area contributed by atoms with Crippen molar-refractivity contribution in [1.82, 2.24) is 19.7 Å². The number of hydrogen-bond acceptors (Lipinski definition) is 5. The Bertz CT molecular complexity index is 931. The molecule has 1 aliphatic heterocycles. The first-order chi connectivity index (χ1) is 14.1. The molecule has 1 fully saturated rings. The van der Waals surface area contributed by atoms with Crippen LogP contribution in [0.2, 0.25) is 0 Å². The highest BCUT2D eigenvalue weighted by Gasteiger charge is 2.27. The van der Waals surface area contributed by atoms with E-state index in [9.17, 15) is 4.79 Å². The molecule has 1 aromatic carbocycles. The molecule has 1 saturated heterocycles. The number of likely N-dealkylation sites (tertiary alicyclic amines) is 1. The van der Waals surface area contributed by atoms with Crippen LogP contribution < -0.4 is 0 Å². The minimum atomic E-state index is -0.182. The average Bonchev–Trinajstić information content (AvgIpc) is 3.39. The number of benzene rings is 1. The van der Waals surface area contributed by atoms with Crippen molar-refractivity contribution < 1.29 is 4.79 Å². The normalized spacial score (nSPS) is 16.1. The molecule has 152 valence electrons. The average molecular weight is 427 g/mol. The molecule has 1 amide bonds. The van der Waals surface area contributed by atoms with Gasteiger partial charge in [-0.25, -0.2) is 0 Å². The van der Waals surface area contributed by atoms with Crippen molar-refractivity contribution >= 4 is 29.0 Å². The molecule has 0 radical (unpaired) electrons. The number of rotatable bonds is 6. The van der Waals surface area contributed by atoms with Crippen LogP contribution in [0, 0.1) is 5.92 Å². The van der Waals surface area contributed by atoms with Crippen LogP contribution >= 0.6 is 23.1 Å². The fourth-order valence-corrected chi connectivity index (χ4v) is 5.22. The summed E-state index contributed by atoms with van der Waals surface area (Å²) in [5, 5.41) is 11.6. The van der Waals surface area contributed by atoms with Crippen molar-refractivity contribution in [3.8, 4) is 10.7 Å². The molecule has 1 atom stereocenters. The Morgan fingerprint density at radius 2 is 1.93 bits per heavy atom. The summed E-state index contributed by atoms with van der Waals surface area (Å²) < 4.78 is 2.13. The molecule has 0 aliphatic carbocycles. The van der Waals surface area contributed by atoms with Crippen molar-refractivity contribution in [2.45, 2.75) is 43.6 Å². The van der Waals surface area contributed by atoms with Crippen molar-refractivity contribution in [2.24, 2.45) is 5.92 Å². The Labute approximate surface area is 180 Å². The van der Waals surface area contributed by atoms with E-state index in [1.54, 1.807) is 11.3 Å². The summed E-state index contributed by atoms with van der Waals surface area (Å²) in [7, 11) is 0. The molecule has 3 aromatic rings. The summed E-state index contributed by atoms with van der Waals surface area (Å²) in [5.41, 5.74) is 1.19. The molecule has 0 saturated carbocycles. The third-order valence-corrected chi connectivity index (χ3v) is 7.30. The summed E-state index contributed by atoms with van der Waals surface area (Å²) in [4.78, 5) is 16.1. The van der Waals surface area contributed by atoms with E-state index in [1.165, 1.54) is 17.3 Å². The fraction of sp³-hybridized carbons (Fsp3) is 0.409. The number of piperidine rings is 1. The predicted molar refractivity (Wildman–Crippen MR) is 119 cm³/mol. The first-order valence-electron chi connectivity index (χ1n) is 10.1. The largest absolute Gasteiger partial charge is 0.342 e. The van der Waals surface area contributed by atoms with Crippen LogP contribution in [-0.2, 0) is 11.3 Å². The van der Waals surface area contributed by atoms with Crippen LogP contribution in [0.4, 0.5) is 0 Å². The van der Waals surface area contributed by atoms with Crippen molar-refractivity contribution in [3.05, 3.63) is 53.4 Å². The zero-order valence-corrected chi connectivity index (χ0v) is 18.5. The second kappa shape index (κ2) is 9.13. The van der Waals surface area contributed by atoms with Crippen LogP contribution in [0.1, 0.15) is 32.3 Å². The lowest BCUT2D eigenvalue weighted by Gasteiger charge is -2.32. The third-order valence-electron chi connectivity index (χ3n) is 5.37. The van der Waals surface area contributed by atoms with Gasteiger partial charge in [0.2, 0.25) is 5.91 Å². The van der Waals surface area contributed by atoms with Gasteiger partial charge in [-0.1, -0.05) is 55.1 Å². The number of aromatic nitrogens is 3. The number of hydrogen-bond donors (Lipinski definition) is 0. The molecule has 1 unspecified atom stereocenters. The van der Waals surface area contributed by atoms with E-state index < -0.39 is 0 Å². The van der Waals surface area contributed by atoms with Crippen molar-refractivity contribution in [3.63, 3.8) is 0 Å². The Balaban J connectivity index is 1.55. The number of amides is 1. The molecule has 2 aromatic heterocycles. The molecule has 5 nitrogen and oxygen atoms in total. The van der Waals surface area contributed by atoms with Crippen LogP contribution in [0.15, 0.2) is 53.0 Å². The lowest BCUT2D eigenvalue weighted by molar-refractivity contribution is -0.131. The molecule has 29 heavy (non-hydrogen) atoms. The van der Waals surface area contributed by atoms with E-state index in [4.69, 9.17) is 0 Å². The SMILES string of the molecule is CC1CCN(C(=O)C(C)Sc2nnc(-c3cccs3)n2Cc2ccccc2)CC1. The molecule has 1 aliphatic rings. The van der Waals surface area contributed by atoms with Gasteiger partial charge in [-0.3, -0.25) is 9.36 Å². The molecular weight excluding hydrogens is 400 g/mol. The standard InChI is InChI=1S/C22H26N4OS2/c1-16-10-12-25(13-11-16)21(27)17(2)29-22-24-23-20(19-9-6-14-28-19)26(22)15-18-7-4-3-5-8-18/h3-9,14,16-17H,10-13,15H2,1-2H3. The van der Waals surface area contributed by atoms with E-state index in [2.05, 4.69) is 39.9 Å². The maximum atomic E-state index is 13.0. The maximum absolute atomic E-state index is 13.0. The number of thioether (sulfide) groups is 1. The predicted octanol–water partition coefficient (Wildman–Crippen LogP) is 4.79. The van der Waals surface area contributed by atoms with Gasteiger partial charge in [-0.15, -0.1) is 21.5 Å². The van der Waals surface area contributed by atoms with Crippen LogP contribution in [0.5, 0.6) is 0 Å². The zero-order chi connectivity index (χ0) is 20.2. The Morgan fingerprint density at radius 1 is 1.17 bits per heavy atom. The van der Waals surface area contributed by atoms with Gasteiger partial charge in [0.05, 0.1) is 16.7 Å². The van der Waals surface area contributed by atoms with E-state index in [0.29, 0.717) is 12.5 Å². The number of carbonyl (C=O) groups excluding carboxylic acids is 1. The Morgan fingerprint density at radius 3 is 2.62 bits per heavy atom. The van der Waals surface area contributed by atoms with Gasteiger partial charge < -0.3 is 4.90 Å². The molecule has 3 heterocycles. The number of carbonyl (C=O) groups is 1. The van der Waals surface area contributed by atoms with Crippen LogP contribution in [0.3, 0.4) is 0 Å². The van der Waals surface area contributed by atoms with Gasteiger partial charge in [0.15, 0.2) is 11.0 Å². The van der Waals surface area contributed by atoms with E-state index in [0.717, 1.165) is 41.8 Å². The topological polar surface area (TPSA) is 51.0 Å². The van der Waals surface area contributed by atoms with Crippen molar-refractivity contribution in [1.29, 1.82) is 0 Å². The van der Waals surface area contributed by atoms with Crippen molar-refractivity contribution in [2.75, 3.05) is 13.1 Å². The fourth-order valence-electron chi connectivity index (χ4n) is 3.57. The molecule has 0 N–H and O–H groups in total. The van der Waals surface area contributed by atoms with Gasteiger partial charge in [-0.2, -0.15) is 0 Å². The highest BCUT2D eigenvalue weighted by molar-refractivity contribution is 8.00. The zero-order valence-electron chi connectivity index (χ0n) is 16.8.